The number of carbonyl (C=O) groups excluding carboxylic acids is 1. The molecule has 6 aromatic rings. The van der Waals surface area contributed by atoms with Crippen LogP contribution in [0.15, 0.2) is 67.4 Å². The zero-order chi connectivity index (χ0) is 61.7. The number of urea groups is 1. The number of H-pyrrole nitrogens is 3. The first-order chi connectivity index (χ1) is 42.9. The summed E-state index contributed by atoms with van der Waals surface area (Å²) in [6.07, 6.45) is 12.0. The fraction of sp³-hybridized carbons (Fsp3) is 0.672. The van der Waals surface area contributed by atoms with Crippen molar-refractivity contribution in [2.45, 2.75) is 72.4 Å². The van der Waals surface area contributed by atoms with Crippen LogP contribution in [0.3, 0.4) is 0 Å². The molecule has 87 heavy (non-hydrogen) atoms. The Morgan fingerprint density at radius 2 is 1.09 bits per heavy atom. The summed E-state index contributed by atoms with van der Waals surface area (Å²) >= 11 is 4.96. The van der Waals surface area contributed by atoms with Crippen molar-refractivity contribution >= 4 is 35.0 Å². The van der Waals surface area contributed by atoms with Gasteiger partial charge in [-0.15, -0.1) is 0 Å². The van der Waals surface area contributed by atoms with Gasteiger partial charge in [0.25, 0.3) is 0 Å². The molecule has 29 heteroatoms. The van der Waals surface area contributed by atoms with Crippen LogP contribution >= 0.6 is 12.2 Å². The number of unbranched alkanes of at least 4 members (excludes halogenated alkanes) is 2. The molecule has 28 nitrogen and oxygen atoms in total. The molecule has 0 aliphatic heterocycles. The normalized spacial score (nSPS) is 11.3. The Morgan fingerprint density at radius 3 is 1.56 bits per heavy atom. The SMILES string of the molecule is CC(C)c1ccc2n[nH]nc2c1.CCCCN(CCCC)CCOCCOCCOCCOCCOCCOCCNC(=O)Nc1ccc(-c2cn[nH]n2)cc1.S=c1nn[nH]n1CCOCCOCCOCCOCCOCCOCCn1ccnc1. The van der Waals surface area contributed by atoms with E-state index in [0.29, 0.717) is 181 Å². The molecule has 2 aromatic carbocycles. The van der Waals surface area contributed by atoms with E-state index in [1.165, 1.54) is 31.2 Å². The summed E-state index contributed by atoms with van der Waals surface area (Å²) in [6, 6.07) is 13.2. The first-order valence-corrected chi connectivity index (χ1v) is 30.7. The average Bonchev–Trinajstić information content (AvgIpc) is 4.43. The number of amides is 2. The molecule has 0 radical (unpaired) electrons. The summed E-state index contributed by atoms with van der Waals surface area (Å²) in [6.45, 7) is 26.7. The molecule has 0 unspecified atom stereocenters. The van der Waals surface area contributed by atoms with E-state index < -0.39 is 0 Å². The largest absolute Gasteiger partial charge is 0.378 e. The Kier molecular flexibility index (Phi) is 43.3. The lowest BCUT2D eigenvalue weighted by atomic mass is 10.0. The van der Waals surface area contributed by atoms with Gasteiger partial charge in [-0.3, -0.25) is 0 Å². The molecule has 2 amide bonds. The summed E-state index contributed by atoms with van der Waals surface area (Å²) in [4.78, 5) is 18.5. The van der Waals surface area contributed by atoms with Gasteiger partial charge in [-0.1, -0.05) is 69.0 Å². The van der Waals surface area contributed by atoms with Gasteiger partial charge in [-0.05, 0) is 73.9 Å². The van der Waals surface area contributed by atoms with Gasteiger partial charge in [0.05, 0.1) is 178 Å². The molecule has 0 atom stereocenters. The van der Waals surface area contributed by atoms with Crippen LogP contribution in [0.25, 0.3) is 22.3 Å². The number of imidazole rings is 1. The molecule has 0 bridgehead atoms. The summed E-state index contributed by atoms with van der Waals surface area (Å²) in [7, 11) is 0. The first kappa shape index (κ1) is 73.7. The number of carbonyl (C=O) groups is 1. The van der Waals surface area contributed by atoms with E-state index in [1.807, 2.05) is 29.0 Å². The molecule has 0 aliphatic carbocycles. The number of tetrazole rings is 1. The minimum atomic E-state index is -0.296. The van der Waals surface area contributed by atoms with Crippen molar-refractivity contribution in [3.05, 3.63) is 77.7 Å². The van der Waals surface area contributed by atoms with Gasteiger partial charge in [-0.2, -0.15) is 36.0 Å². The van der Waals surface area contributed by atoms with Crippen molar-refractivity contribution in [3.63, 3.8) is 0 Å². The highest BCUT2D eigenvalue weighted by atomic mass is 32.1. The predicted molar refractivity (Wildman–Crippen MR) is 330 cm³/mol. The monoisotopic (exact) mass is 1240 g/mol. The molecule has 6 rings (SSSR count). The molecule has 4 heterocycles. The lowest BCUT2D eigenvalue weighted by Crippen LogP contribution is -2.31. The number of hydrogen-bond donors (Lipinski definition) is 5. The van der Waals surface area contributed by atoms with Crippen molar-refractivity contribution in [1.29, 1.82) is 0 Å². The van der Waals surface area contributed by atoms with E-state index in [0.717, 1.165) is 55.1 Å². The Balaban J connectivity index is 0.000000322. The topological polar surface area (TPSA) is 303 Å². The molecule has 5 N–H and O–H groups in total. The van der Waals surface area contributed by atoms with Crippen LogP contribution in [-0.2, 0) is 69.9 Å². The molecular formula is C58H97N15O13S. The van der Waals surface area contributed by atoms with Crippen LogP contribution < -0.4 is 10.6 Å². The third-order valence-electron chi connectivity index (χ3n) is 12.4. The Hall–Kier alpha value is -5.77. The van der Waals surface area contributed by atoms with E-state index in [1.54, 1.807) is 35.5 Å². The number of hydrogen-bond acceptors (Lipinski definition) is 22. The van der Waals surface area contributed by atoms with Gasteiger partial charge in [0.1, 0.15) is 16.7 Å². The van der Waals surface area contributed by atoms with Crippen molar-refractivity contribution in [2.24, 2.45) is 0 Å². The van der Waals surface area contributed by atoms with Gasteiger partial charge >= 0.3 is 6.03 Å². The maximum absolute atomic E-state index is 12.0. The van der Waals surface area contributed by atoms with Crippen LogP contribution in [-0.4, -0.2) is 256 Å². The third kappa shape index (κ3) is 37.6. The quantitative estimate of drug-likeness (QED) is 0.0216. The van der Waals surface area contributed by atoms with Crippen molar-refractivity contribution in [2.75, 3.05) is 190 Å². The molecule has 488 valence electrons. The molecular weight excluding hydrogens is 1150 g/mol. The van der Waals surface area contributed by atoms with Crippen LogP contribution in [0.1, 0.15) is 64.9 Å². The van der Waals surface area contributed by atoms with E-state index in [4.69, 9.17) is 69.1 Å². The third-order valence-corrected chi connectivity index (χ3v) is 12.7. The molecule has 0 aliphatic rings. The van der Waals surface area contributed by atoms with E-state index in [9.17, 15) is 4.79 Å². The number of aromatic nitrogens is 12. The number of nitrogens with one attached hydrogen (secondary N) is 5. The number of benzene rings is 2. The second-order valence-electron chi connectivity index (χ2n) is 19.5. The Bertz CT molecular complexity index is 2540. The molecule has 0 saturated carbocycles. The van der Waals surface area contributed by atoms with Gasteiger partial charge < -0.3 is 76.9 Å². The number of aromatic amines is 3. The lowest BCUT2D eigenvalue weighted by molar-refractivity contribution is -0.0173. The fourth-order valence-corrected chi connectivity index (χ4v) is 7.67. The zero-order valence-corrected chi connectivity index (χ0v) is 52.5. The highest BCUT2D eigenvalue weighted by molar-refractivity contribution is 7.71. The van der Waals surface area contributed by atoms with E-state index in [2.05, 4.69) is 107 Å². The highest BCUT2D eigenvalue weighted by Crippen LogP contribution is 2.19. The fourth-order valence-electron chi connectivity index (χ4n) is 7.50. The minimum absolute atomic E-state index is 0.296. The zero-order valence-electron chi connectivity index (χ0n) is 51.7. The Morgan fingerprint density at radius 1 is 0.586 bits per heavy atom. The number of nitrogens with zero attached hydrogens (tertiary/aromatic N) is 10. The number of anilines is 1. The number of fused-ring (bicyclic) bond motifs is 1. The van der Waals surface area contributed by atoms with Gasteiger partial charge in [-0.25, -0.2) is 14.5 Å². The average molecular weight is 1240 g/mol. The summed E-state index contributed by atoms with van der Waals surface area (Å²) in [5.41, 5.74) is 5.51. The van der Waals surface area contributed by atoms with Crippen LogP contribution in [0, 0.1) is 4.77 Å². The van der Waals surface area contributed by atoms with E-state index >= 15 is 0 Å². The second-order valence-corrected chi connectivity index (χ2v) is 19.8. The maximum Gasteiger partial charge on any atom is 0.319 e. The standard InChI is InChI=1S/C31H54N6O7.C18H32N6O6S.C9H11N3/c1-3-5-12-37(13-6-4-2)14-16-40-18-20-42-22-24-44-26-25-43-23-21-41-19-17-39-15-11-32-31(38)34-29-9-7-28(8-10-29)30-27-33-36-35-30;31-18-20-21-22-24(18)4-6-26-8-10-28-12-14-30-16-15-29-13-11-27-9-7-25-5-3-23-2-1-19-17-23;1-6(2)7-3-4-8-9(5-7)11-12-10-8/h7-10,27H,3-6,11-26H2,1-2H3,(H2,32,34,38)(H,33,35,36);1-2,17H,3-16H2,(H,20,22,31);3-6H,1-2H3,(H,10,11,12). The van der Waals surface area contributed by atoms with Crippen molar-refractivity contribution in [3.8, 4) is 11.3 Å². The first-order valence-electron chi connectivity index (χ1n) is 30.3. The molecule has 0 fully saturated rings. The highest BCUT2D eigenvalue weighted by Gasteiger charge is 2.07. The second kappa shape index (κ2) is 51.1. The molecule has 0 spiro atoms. The smallest absolute Gasteiger partial charge is 0.319 e. The summed E-state index contributed by atoms with van der Waals surface area (Å²) in [5, 5.41) is 36.5. The van der Waals surface area contributed by atoms with Gasteiger partial charge in [0.15, 0.2) is 0 Å². The van der Waals surface area contributed by atoms with Gasteiger partial charge in [0.2, 0.25) is 4.77 Å². The van der Waals surface area contributed by atoms with E-state index in [-0.39, 0.29) is 6.03 Å². The van der Waals surface area contributed by atoms with Crippen LogP contribution in [0.5, 0.6) is 0 Å². The predicted octanol–water partition coefficient (Wildman–Crippen LogP) is 6.01. The van der Waals surface area contributed by atoms with Crippen molar-refractivity contribution < 1.29 is 61.6 Å². The van der Waals surface area contributed by atoms with Crippen LogP contribution in [0.4, 0.5) is 10.5 Å². The number of ether oxygens (including phenoxy) is 12. The molecule has 4 aromatic heterocycles. The van der Waals surface area contributed by atoms with Crippen LogP contribution in [0.2, 0.25) is 0 Å². The molecule has 0 saturated heterocycles. The minimum Gasteiger partial charge on any atom is -0.378 e. The summed E-state index contributed by atoms with van der Waals surface area (Å²) < 4.78 is 70.0. The van der Waals surface area contributed by atoms with Crippen molar-refractivity contribution in [1.82, 2.24) is 70.8 Å². The Labute approximate surface area is 516 Å². The maximum atomic E-state index is 12.0. The lowest BCUT2D eigenvalue weighted by Gasteiger charge is -2.21. The van der Waals surface area contributed by atoms with Gasteiger partial charge in [0, 0.05) is 43.3 Å². The number of rotatable bonds is 51. The summed E-state index contributed by atoms with van der Waals surface area (Å²) in [5.74, 6) is 0.547.